The summed E-state index contributed by atoms with van der Waals surface area (Å²) in [4.78, 5) is 4.90. The number of aromatic nitrogens is 4. The molecule has 0 saturated carbocycles. The van der Waals surface area contributed by atoms with Crippen LogP contribution in [0.2, 0.25) is 5.02 Å². The highest BCUT2D eigenvalue weighted by Crippen LogP contribution is 2.30. The van der Waals surface area contributed by atoms with Gasteiger partial charge < -0.3 is 4.90 Å². The topological polar surface area (TPSA) is 50.1 Å². The molecule has 7 heteroatoms. The number of para-hydroxylation sites is 1. The third-order valence-electron chi connectivity index (χ3n) is 5.24. The van der Waals surface area contributed by atoms with Gasteiger partial charge in [-0.25, -0.2) is 4.68 Å². The molecule has 146 valence electrons. The van der Waals surface area contributed by atoms with Gasteiger partial charge in [-0.3, -0.25) is 4.90 Å². The van der Waals surface area contributed by atoms with Crippen molar-refractivity contribution in [1.29, 1.82) is 0 Å². The summed E-state index contributed by atoms with van der Waals surface area (Å²) in [6.45, 7) is 8.02. The van der Waals surface area contributed by atoms with E-state index >= 15 is 0 Å². The van der Waals surface area contributed by atoms with E-state index in [1.807, 2.05) is 16.8 Å². The van der Waals surface area contributed by atoms with E-state index in [0.717, 1.165) is 42.6 Å². The third kappa shape index (κ3) is 3.88. The average molecular weight is 397 g/mol. The molecule has 0 bridgehead atoms. The van der Waals surface area contributed by atoms with E-state index in [-0.39, 0.29) is 12.1 Å². The highest BCUT2D eigenvalue weighted by molar-refractivity contribution is 6.30. The summed E-state index contributed by atoms with van der Waals surface area (Å²) in [6.07, 6.45) is 0. The number of hydrogen-bond acceptors (Lipinski definition) is 5. The summed E-state index contributed by atoms with van der Waals surface area (Å²) in [5.41, 5.74) is 2.44. The van der Waals surface area contributed by atoms with Gasteiger partial charge in [-0.15, -0.1) is 5.10 Å². The van der Waals surface area contributed by atoms with Crippen LogP contribution in [0.1, 0.15) is 37.3 Å². The summed E-state index contributed by atoms with van der Waals surface area (Å²) in [6, 6.07) is 18.8. The Morgan fingerprint density at radius 3 is 2.21 bits per heavy atom. The Balaban J connectivity index is 1.61. The molecule has 1 aliphatic rings. The number of tetrazole rings is 1. The highest BCUT2D eigenvalue weighted by atomic mass is 35.5. The summed E-state index contributed by atoms with van der Waals surface area (Å²) in [5.74, 6) is 0.880. The Hall–Kier alpha value is -2.44. The Labute approximate surface area is 170 Å². The second-order valence-corrected chi connectivity index (χ2v) is 7.82. The summed E-state index contributed by atoms with van der Waals surface area (Å²) in [7, 11) is 0. The first-order chi connectivity index (χ1) is 13.6. The van der Waals surface area contributed by atoms with Crippen LogP contribution in [0.25, 0.3) is 0 Å². The van der Waals surface area contributed by atoms with E-state index in [4.69, 9.17) is 11.6 Å². The fraction of sp³-hybridized carbons (Fsp3) is 0.381. The third-order valence-corrected chi connectivity index (χ3v) is 5.49. The van der Waals surface area contributed by atoms with Gasteiger partial charge in [0.1, 0.15) is 0 Å². The SMILES string of the molecule is CC(C)n1nnnc1[C@@H](c1ccc(Cl)cc1)N1CCN(c2ccccc2)CC1. The van der Waals surface area contributed by atoms with Crippen molar-refractivity contribution in [2.45, 2.75) is 25.9 Å². The van der Waals surface area contributed by atoms with Gasteiger partial charge >= 0.3 is 0 Å². The van der Waals surface area contributed by atoms with Gasteiger partial charge in [-0.05, 0) is 54.1 Å². The second-order valence-electron chi connectivity index (χ2n) is 7.39. The zero-order chi connectivity index (χ0) is 19.5. The van der Waals surface area contributed by atoms with E-state index in [9.17, 15) is 0 Å². The molecular weight excluding hydrogens is 372 g/mol. The fourth-order valence-electron chi connectivity index (χ4n) is 3.79. The number of rotatable bonds is 5. The van der Waals surface area contributed by atoms with Crippen LogP contribution in [0.5, 0.6) is 0 Å². The zero-order valence-electron chi connectivity index (χ0n) is 16.2. The zero-order valence-corrected chi connectivity index (χ0v) is 17.0. The summed E-state index contributed by atoms with van der Waals surface area (Å²) >= 11 is 6.13. The van der Waals surface area contributed by atoms with Gasteiger partial charge in [0.25, 0.3) is 0 Å². The van der Waals surface area contributed by atoms with Crippen LogP contribution in [-0.2, 0) is 0 Å². The molecular formula is C21H25ClN6. The predicted octanol–water partition coefficient (Wildman–Crippen LogP) is 3.82. The molecule has 1 atom stereocenters. The lowest BCUT2D eigenvalue weighted by molar-refractivity contribution is 0.199. The Morgan fingerprint density at radius 2 is 1.57 bits per heavy atom. The maximum absolute atomic E-state index is 6.13. The molecule has 6 nitrogen and oxygen atoms in total. The second kappa shape index (κ2) is 8.29. The van der Waals surface area contributed by atoms with Crippen LogP contribution in [0.3, 0.4) is 0 Å². The first-order valence-corrected chi connectivity index (χ1v) is 10.1. The number of nitrogens with zero attached hydrogens (tertiary/aromatic N) is 6. The van der Waals surface area contributed by atoms with Gasteiger partial charge in [-0.2, -0.15) is 0 Å². The smallest absolute Gasteiger partial charge is 0.173 e. The lowest BCUT2D eigenvalue weighted by Crippen LogP contribution is -2.48. The quantitative estimate of drug-likeness (QED) is 0.656. The van der Waals surface area contributed by atoms with E-state index in [1.54, 1.807) is 0 Å². The minimum atomic E-state index is 0.00703. The molecule has 2 aromatic carbocycles. The van der Waals surface area contributed by atoms with Crippen LogP contribution in [0.4, 0.5) is 5.69 Å². The number of anilines is 1. The molecule has 1 saturated heterocycles. The van der Waals surface area contributed by atoms with Crippen molar-refractivity contribution in [3.05, 3.63) is 71.0 Å². The lowest BCUT2D eigenvalue weighted by Gasteiger charge is -2.40. The van der Waals surface area contributed by atoms with Crippen molar-refractivity contribution in [3.8, 4) is 0 Å². The van der Waals surface area contributed by atoms with Crippen molar-refractivity contribution >= 4 is 17.3 Å². The van der Waals surface area contributed by atoms with Crippen molar-refractivity contribution in [2.75, 3.05) is 31.1 Å². The number of hydrogen-bond donors (Lipinski definition) is 0. The minimum absolute atomic E-state index is 0.00703. The van der Waals surface area contributed by atoms with Crippen molar-refractivity contribution in [3.63, 3.8) is 0 Å². The largest absolute Gasteiger partial charge is 0.369 e. The van der Waals surface area contributed by atoms with Gasteiger partial charge in [0.15, 0.2) is 5.82 Å². The molecule has 0 spiro atoms. The monoisotopic (exact) mass is 396 g/mol. The molecule has 1 aromatic heterocycles. The van der Waals surface area contributed by atoms with Gasteiger partial charge in [0, 0.05) is 36.9 Å². The highest BCUT2D eigenvalue weighted by Gasteiger charge is 2.31. The van der Waals surface area contributed by atoms with E-state index in [2.05, 4.69) is 81.6 Å². The fourth-order valence-corrected chi connectivity index (χ4v) is 3.92. The Bertz CT molecular complexity index is 885. The molecule has 0 amide bonds. The molecule has 0 N–H and O–H groups in total. The molecule has 1 aliphatic heterocycles. The molecule has 2 heterocycles. The Morgan fingerprint density at radius 1 is 0.893 bits per heavy atom. The molecule has 0 radical (unpaired) electrons. The van der Waals surface area contributed by atoms with E-state index in [1.165, 1.54) is 5.69 Å². The Kier molecular flexibility index (Phi) is 5.59. The standard InChI is InChI=1S/C21H25ClN6/c1-16(2)28-21(23-24-25-28)20(17-8-10-18(22)11-9-17)27-14-12-26(13-15-27)19-6-4-3-5-7-19/h3-11,16,20H,12-15H2,1-2H3/t20-/m1/s1. The maximum atomic E-state index is 6.13. The van der Waals surface area contributed by atoms with Crippen LogP contribution in [0.15, 0.2) is 54.6 Å². The van der Waals surface area contributed by atoms with Crippen LogP contribution in [0, 0.1) is 0 Å². The van der Waals surface area contributed by atoms with Crippen molar-refractivity contribution in [2.24, 2.45) is 0 Å². The van der Waals surface area contributed by atoms with E-state index < -0.39 is 0 Å². The normalized spacial score (nSPS) is 16.5. The molecule has 1 fully saturated rings. The molecule has 28 heavy (non-hydrogen) atoms. The lowest BCUT2D eigenvalue weighted by atomic mass is 10.0. The summed E-state index contributed by atoms with van der Waals surface area (Å²) in [5, 5.41) is 13.3. The van der Waals surface area contributed by atoms with Gasteiger partial charge in [-0.1, -0.05) is 41.9 Å². The maximum Gasteiger partial charge on any atom is 0.173 e. The van der Waals surface area contributed by atoms with Gasteiger partial charge in [0.05, 0.1) is 12.1 Å². The minimum Gasteiger partial charge on any atom is -0.369 e. The predicted molar refractivity (Wildman–Crippen MR) is 112 cm³/mol. The van der Waals surface area contributed by atoms with Crippen LogP contribution >= 0.6 is 11.6 Å². The van der Waals surface area contributed by atoms with Gasteiger partial charge in [0.2, 0.25) is 0 Å². The van der Waals surface area contributed by atoms with Crippen molar-refractivity contribution < 1.29 is 0 Å². The van der Waals surface area contributed by atoms with Crippen molar-refractivity contribution in [1.82, 2.24) is 25.1 Å². The summed E-state index contributed by atoms with van der Waals surface area (Å²) < 4.78 is 1.92. The molecule has 3 aromatic rings. The number of piperazine rings is 1. The number of halogens is 1. The first kappa shape index (κ1) is 18.9. The average Bonchev–Trinajstić information content (AvgIpc) is 3.21. The first-order valence-electron chi connectivity index (χ1n) is 9.71. The van der Waals surface area contributed by atoms with Crippen LogP contribution < -0.4 is 4.90 Å². The number of benzene rings is 2. The van der Waals surface area contributed by atoms with Crippen LogP contribution in [-0.4, -0.2) is 51.3 Å². The van der Waals surface area contributed by atoms with E-state index in [0.29, 0.717) is 0 Å². The molecule has 0 aliphatic carbocycles. The molecule has 4 rings (SSSR count). The molecule has 0 unspecified atom stereocenters.